The maximum absolute atomic E-state index is 11.1. The van der Waals surface area contributed by atoms with Gasteiger partial charge in [0.05, 0.1) is 11.9 Å². The molecule has 0 aromatic carbocycles. The Kier molecular flexibility index (Phi) is 5.21. The summed E-state index contributed by atoms with van der Waals surface area (Å²) in [5.74, 6) is 0.197. The van der Waals surface area contributed by atoms with Crippen molar-refractivity contribution in [2.24, 2.45) is 0 Å². The average molecular weight is 249 g/mol. The van der Waals surface area contributed by atoms with E-state index in [2.05, 4.69) is 12.2 Å². The molecule has 0 aromatic rings. The SMILES string of the molecule is CC(CC1CCCO1)NC(C)CS(C)(=O)=O. The van der Waals surface area contributed by atoms with Crippen molar-refractivity contribution in [1.29, 1.82) is 0 Å². The molecule has 1 saturated heterocycles. The summed E-state index contributed by atoms with van der Waals surface area (Å²) in [5, 5.41) is 3.30. The lowest BCUT2D eigenvalue weighted by Crippen LogP contribution is -2.40. The molecule has 1 N–H and O–H groups in total. The third-order valence-corrected chi connectivity index (χ3v) is 3.87. The van der Waals surface area contributed by atoms with Crippen LogP contribution in [0, 0.1) is 0 Å². The van der Waals surface area contributed by atoms with Crippen molar-refractivity contribution in [2.45, 2.75) is 51.3 Å². The first-order valence-electron chi connectivity index (χ1n) is 5.92. The highest BCUT2D eigenvalue weighted by molar-refractivity contribution is 7.90. The minimum atomic E-state index is -2.89. The van der Waals surface area contributed by atoms with Gasteiger partial charge in [0, 0.05) is 24.9 Å². The Bertz CT molecular complexity index is 296. The third kappa shape index (κ3) is 5.82. The first-order valence-corrected chi connectivity index (χ1v) is 7.98. The zero-order valence-corrected chi connectivity index (χ0v) is 11.2. The highest BCUT2D eigenvalue weighted by Crippen LogP contribution is 2.16. The average Bonchev–Trinajstić information content (AvgIpc) is 2.51. The van der Waals surface area contributed by atoms with E-state index in [0.717, 1.165) is 25.9 Å². The molecular weight excluding hydrogens is 226 g/mol. The van der Waals surface area contributed by atoms with Gasteiger partial charge in [-0.1, -0.05) is 0 Å². The summed E-state index contributed by atoms with van der Waals surface area (Å²) in [4.78, 5) is 0. The lowest BCUT2D eigenvalue weighted by Gasteiger charge is -2.21. The van der Waals surface area contributed by atoms with Gasteiger partial charge in [0.15, 0.2) is 0 Å². The first kappa shape index (κ1) is 13.9. The highest BCUT2D eigenvalue weighted by Gasteiger charge is 2.20. The molecule has 16 heavy (non-hydrogen) atoms. The van der Waals surface area contributed by atoms with E-state index in [0.29, 0.717) is 12.1 Å². The van der Waals surface area contributed by atoms with Gasteiger partial charge >= 0.3 is 0 Å². The molecule has 1 aliphatic rings. The van der Waals surface area contributed by atoms with E-state index in [1.54, 1.807) is 0 Å². The van der Waals surface area contributed by atoms with Crippen LogP contribution in [0.5, 0.6) is 0 Å². The Balaban J connectivity index is 2.24. The number of hydrogen-bond donors (Lipinski definition) is 1. The molecule has 1 fully saturated rings. The summed E-state index contributed by atoms with van der Waals surface area (Å²) < 4.78 is 27.8. The molecule has 96 valence electrons. The molecule has 4 nitrogen and oxygen atoms in total. The molecule has 0 aliphatic carbocycles. The van der Waals surface area contributed by atoms with Gasteiger partial charge in [-0.2, -0.15) is 0 Å². The largest absolute Gasteiger partial charge is 0.378 e. The molecule has 0 spiro atoms. The van der Waals surface area contributed by atoms with Crippen molar-refractivity contribution in [3.63, 3.8) is 0 Å². The Morgan fingerprint density at radius 3 is 2.56 bits per heavy atom. The molecule has 3 atom stereocenters. The monoisotopic (exact) mass is 249 g/mol. The summed E-state index contributed by atoms with van der Waals surface area (Å²) in [7, 11) is -2.89. The van der Waals surface area contributed by atoms with Gasteiger partial charge in [-0.25, -0.2) is 8.42 Å². The van der Waals surface area contributed by atoms with Crippen molar-refractivity contribution in [1.82, 2.24) is 5.32 Å². The maximum atomic E-state index is 11.1. The standard InChI is InChI=1S/C11H23NO3S/c1-9(7-11-5-4-6-15-11)12-10(2)8-16(3,13)14/h9-12H,4-8H2,1-3H3. The maximum Gasteiger partial charge on any atom is 0.148 e. The van der Waals surface area contributed by atoms with E-state index in [-0.39, 0.29) is 11.8 Å². The van der Waals surface area contributed by atoms with Crippen LogP contribution in [0.25, 0.3) is 0 Å². The van der Waals surface area contributed by atoms with E-state index < -0.39 is 9.84 Å². The Morgan fingerprint density at radius 2 is 2.06 bits per heavy atom. The molecule has 0 aromatic heterocycles. The Morgan fingerprint density at radius 1 is 1.38 bits per heavy atom. The Hall–Kier alpha value is -0.130. The molecule has 1 rings (SSSR count). The zero-order chi connectivity index (χ0) is 12.2. The van der Waals surface area contributed by atoms with Crippen LogP contribution >= 0.6 is 0 Å². The highest BCUT2D eigenvalue weighted by atomic mass is 32.2. The van der Waals surface area contributed by atoms with E-state index in [1.165, 1.54) is 6.26 Å². The summed E-state index contributed by atoms with van der Waals surface area (Å²) in [6, 6.07) is 0.311. The van der Waals surface area contributed by atoms with E-state index in [9.17, 15) is 8.42 Å². The summed E-state index contributed by atoms with van der Waals surface area (Å²) in [5.41, 5.74) is 0. The predicted molar refractivity (Wildman–Crippen MR) is 65.4 cm³/mol. The fourth-order valence-electron chi connectivity index (χ4n) is 2.28. The van der Waals surface area contributed by atoms with Gasteiger partial charge in [-0.05, 0) is 33.1 Å². The molecule has 5 heteroatoms. The number of hydrogen-bond acceptors (Lipinski definition) is 4. The Labute approximate surface area is 98.7 Å². The van der Waals surface area contributed by atoms with E-state index >= 15 is 0 Å². The van der Waals surface area contributed by atoms with Gasteiger partial charge in [0.25, 0.3) is 0 Å². The molecule has 1 heterocycles. The van der Waals surface area contributed by atoms with Gasteiger partial charge in [0.2, 0.25) is 0 Å². The molecule has 1 aliphatic heterocycles. The third-order valence-electron chi connectivity index (χ3n) is 2.76. The molecular formula is C11H23NO3S. The van der Waals surface area contributed by atoms with Crippen molar-refractivity contribution >= 4 is 9.84 Å². The summed E-state index contributed by atoms with van der Waals surface area (Å²) in [6.45, 7) is 4.86. The second kappa shape index (κ2) is 5.98. The van der Waals surface area contributed by atoms with E-state index in [4.69, 9.17) is 4.74 Å². The van der Waals surface area contributed by atoms with Crippen molar-refractivity contribution in [3.05, 3.63) is 0 Å². The molecule has 0 amide bonds. The van der Waals surface area contributed by atoms with Gasteiger partial charge in [-0.15, -0.1) is 0 Å². The number of nitrogens with one attached hydrogen (secondary N) is 1. The fourth-order valence-corrected chi connectivity index (χ4v) is 3.29. The van der Waals surface area contributed by atoms with Crippen molar-refractivity contribution in [3.8, 4) is 0 Å². The van der Waals surface area contributed by atoms with Crippen LogP contribution in [0.2, 0.25) is 0 Å². The normalized spacial score (nSPS) is 25.6. The summed E-state index contributed by atoms with van der Waals surface area (Å²) in [6.07, 6.45) is 4.88. The molecule has 3 unspecified atom stereocenters. The topological polar surface area (TPSA) is 55.4 Å². The van der Waals surface area contributed by atoms with Crippen molar-refractivity contribution in [2.75, 3.05) is 18.6 Å². The van der Waals surface area contributed by atoms with Gasteiger partial charge in [0.1, 0.15) is 9.84 Å². The van der Waals surface area contributed by atoms with E-state index in [1.807, 2.05) is 6.92 Å². The van der Waals surface area contributed by atoms with Gasteiger partial charge in [-0.3, -0.25) is 0 Å². The lowest BCUT2D eigenvalue weighted by atomic mass is 10.1. The first-order chi connectivity index (χ1) is 7.37. The fraction of sp³-hybridized carbons (Fsp3) is 1.00. The zero-order valence-electron chi connectivity index (χ0n) is 10.4. The van der Waals surface area contributed by atoms with Crippen LogP contribution in [-0.2, 0) is 14.6 Å². The molecule has 0 saturated carbocycles. The minimum Gasteiger partial charge on any atom is -0.378 e. The van der Waals surface area contributed by atoms with Crippen LogP contribution in [0.3, 0.4) is 0 Å². The number of sulfone groups is 1. The molecule has 0 radical (unpaired) electrons. The second-order valence-electron chi connectivity index (χ2n) is 4.93. The molecule has 0 bridgehead atoms. The van der Waals surface area contributed by atoms with Gasteiger partial charge < -0.3 is 10.1 Å². The number of rotatable bonds is 6. The number of ether oxygens (including phenoxy) is 1. The van der Waals surface area contributed by atoms with Crippen LogP contribution in [0.1, 0.15) is 33.1 Å². The van der Waals surface area contributed by atoms with Crippen LogP contribution in [-0.4, -0.2) is 45.2 Å². The van der Waals surface area contributed by atoms with Crippen LogP contribution in [0.15, 0.2) is 0 Å². The summed E-state index contributed by atoms with van der Waals surface area (Å²) >= 11 is 0. The minimum absolute atomic E-state index is 0.00593. The predicted octanol–water partition coefficient (Wildman–Crippen LogP) is 0.967. The van der Waals surface area contributed by atoms with Crippen LogP contribution < -0.4 is 5.32 Å². The quantitative estimate of drug-likeness (QED) is 0.762. The van der Waals surface area contributed by atoms with Crippen LogP contribution in [0.4, 0.5) is 0 Å². The smallest absolute Gasteiger partial charge is 0.148 e. The lowest BCUT2D eigenvalue weighted by molar-refractivity contribution is 0.0955. The second-order valence-corrected chi connectivity index (χ2v) is 7.12. The van der Waals surface area contributed by atoms with Crippen molar-refractivity contribution < 1.29 is 13.2 Å².